The van der Waals surface area contributed by atoms with Gasteiger partial charge in [0.2, 0.25) is 0 Å². The molecule has 1 aromatic rings. The summed E-state index contributed by atoms with van der Waals surface area (Å²) in [7, 11) is 0. The molecule has 20 heavy (non-hydrogen) atoms. The molecule has 1 aromatic carbocycles. The number of rotatable bonds is 4. The maximum absolute atomic E-state index is 11.7. The van der Waals surface area contributed by atoms with Gasteiger partial charge in [-0.3, -0.25) is 4.79 Å². The van der Waals surface area contributed by atoms with Gasteiger partial charge in [0.15, 0.2) is 0 Å². The molecule has 5 nitrogen and oxygen atoms in total. The van der Waals surface area contributed by atoms with E-state index in [2.05, 4.69) is 5.32 Å². The first kappa shape index (κ1) is 14.4. The van der Waals surface area contributed by atoms with E-state index in [1.54, 1.807) is 0 Å². The number of amides is 1. The first-order chi connectivity index (χ1) is 9.41. The first-order valence-corrected chi connectivity index (χ1v) is 6.61. The number of hydrogen-bond donors (Lipinski definition) is 2. The Morgan fingerprint density at radius 1 is 1.35 bits per heavy atom. The average Bonchev–Trinajstić information content (AvgIpc) is 2.41. The van der Waals surface area contributed by atoms with Crippen molar-refractivity contribution in [3.05, 3.63) is 35.9 Å². The standard InChI is InChI=1S/C15H19NO4/c1-15(2)11(13(17)18)8-12(15)16-14(19)20-9-10-6-4-3-5-7-10/h3-7,11-12H,8-9H2,1-2H3,(H,16,19)(H,17,18)/t11-,12-/m1/s1. The summed E-state index contributed by atoms with van der Waals surface area (Å²) in [4.78, 5) is 22.7. The van der Waals surface area contributed by atoms with Crippen molar-refractivity contribution in [1.29, 1.82) is 0 Å². The number of ether oxygens (including phenoxy) is 1. The van der Waals surface area contributed by atoms with Crippen molar-refractivity contribution in [3.63, 3.8) is 0 Å². The van der Waals surface area contributed by atoms with Crippen LogP contribution < -0.4 is 5.32 Å². The van der Waals surface area contributed by atoms with Gasteiger partial charge in [0, 0.05) is 6.04 Å². The Hall–Kier alpha value is -2.04. The fourth-order valence-electron chi connectivity index (χ4n) is 2.50. The quantitative estimate of drug-likeness (QED) is 0.886. The smallest absolute Gasteiger partial charge is 0.407 e. The molecule has 0 saturated heterocycles. The molecular weight excluding hydrogens is 258 g/mol. The number of nitrogens with one attached hydrogen (secondary N) is 1. The third kappa shape index (κ3) is 2.92. The van der Waals surface area contributed by atoms with Gasteiger partial charge in [-0.15, -0.1) is 0 Å². The van der Waals surface area contributed by atoms with E-state index in [-0.39, 0.29) is 12.6 Å². The highest BCUT2D eigenvalue weighted by Gasteiger charge is 2.52. The summed E-state index contributed by atoms with van der Waals surface area (Å²) < 4.78 is 5.13. The lowest BCUT2D eigenvalue weighted by molar-refractivity contribution is -0.155. The Kier molecular flexibility index (Phi) is 3.97. The number of carbonyl (C=O) groups excluding carboxylic acids is 1. The summed E-state index contributed by atoms with van der Waals surface area (Å²) in [5.41, 5.74) is 0.469. The van der Waals surface area contributed by atoms with E-state index in [1.165, 1.54) is 0 Å². The Morgan fingerprint density at radius 3 is 2.55 bits per heavy atom. The third-order valence-electron chi connectivity index (χ3n) is 4.07. The first-order valence-electron chi connectivity index (χ1n) is 6.61. The summed E-state index contributed by atoms with van der Waals surface area (Å²) in [6.07, 6.45) is -0.0567. The van der Waals surface area contributed by atoms with Gasteiger partial charge in [-0.1, -0.05) is 44.2 Å². The number of carbonyl (C=O) groups is 2. The zero-order valence-electron chi connectivity index (χ0n) is 11.6. The van der Waals surface area contributed by atoms with Crippen LogP contribution in [0.15, 0.2) is 30.3 Å². The minimum absolute atomic E-state index is 0.160. The largest absolute Gasteiger partial charge is 0.481 e. The number of carboxylic acids is 1. The van der Waals surface area contributed by atoms with Crippen molar-refractivity contribution in [2.45, 2.75) is 32.9 Å². The van der Waals surface area contributed by atoms with Crippen molar-refractivity contribution in [1.82, 2.24) is 5.32 Å². The zero-order valence-corrected chi connectivity index (χ0v) is 11.6. The minimum Gasteiger partial charge on any atom is -0.481 e. The summed E-state index contributed by atoms with van der Waals surface area (Å²) in [6.45, 7) is 3.90. The normalized spacial score (nSPS) is 23.5. The molecule has 0 radical (unpaired) electrons. The lowest BCUT2D eigenvalue weighted by Crippen LogP contribution is -2.60. The summed E-state index contributed by atoms with van der Waals surface area (Å²) in [5.74, 6) is -1.23. The Balaban J connectivity index is 1.80. The molecule has 5 heteroatoms. The van der Waals surface area contributed by atoms with Crippen LogP contribution in [0.3, 0.4) is 0 Å². The number of alkyl carbamates (subject to hydrolysis) is 1. The van der Waals surface area contributed by atoms with Crippen molar-refractivity contribution in [2.75, 3.05) is 0 Å². The fraction of sp³-hybridized carbons (Fsp3) is 0.467. The highest BCUT2D eigenvalue weighted by molar-refractivity contribution is 5.74. The Morgan fingerprint density at radius 2 is 2.00 bits per heavy atom. The highest BCUT2D eigenvalue weighted by atomic mass is 16.5. The molecule has 0 unspecified atom stereocenters. The van der Waals surface area contributed by atoms with Crippen LogP contribution in [0, 0.1) is 11.3 Å². The highest BCUT2D eigenvalue weighted by Crippen LogP contribution is 2.46. The minimum atomic E-state index is -0.814. The molecule has 1 aliphatic rings. The van der Waals surface area contributed by atoms with Crippen molar-refractivity contribution in [2.24, 2.45) is 11.3 Å². The van der Waals surface area contributed by atoms with Crippen molar-refractivity contribution in [3.8, 4) is 0 Å². The topological polar surface area (TPSA) is 75.6 Å². The van der Waals surface area contributed by atoms with Crippen LogP contribution in [0.4, 0.5) is 4.79 Å². The molecule has 108 valence electrons. The third-order valence-corrected chi connectivity index (χ3v) is 4.07. The van der Waals surface area contributed by atoms with E-state index in [0.29, 0.717) is 6.42 Å². The second-order valence-electron chi connectivity index (χ2n) is 5.71. The number of benzene rings is 1. The van der Waals surface area contributed by atoms with E-state index in [1.807, 2.05) is 44.2 Å². The molecule has 0 aromatic heterocycles. The number of hydrogen-bond acceptors (Lipinski definition) is 3. The molecule has 1 saturated carbocycles. The molecule has 0 bridgehead atoms. The van der Waals surface area contributed by atoms with E-state index in [9.17, 15) is 9.59 Å². The van der Waals surface area contributed by atoms with E-state index >= 15 is 0 Å². The second-order valence-corrected chi connectivity index (χ2v) is 5.71. The van der Waals surface area contributed by atoms with Crippen LogP contribution in [0.25, 0.3) is 0 Å². The lowest BCUT2D eigenvalue weighted by atomic mass is 9.58. The molecular formula is C15H19NO4. The van der Waals surface area contributed by atoms with Gasteiger partial charge < -0.3 is 15.2 Å². The fourth-order valence-corrected chi connectivity index (χ4v) is 2.50. The van der Waals surface area contributed by atoms with Gasteiger partial charge in [0.05, 0.1) is 5.92 Å². The van der Waals surface area contributed by atoms with Crippen molar-refractivity contribution >= 4 is 12.1 Å². The van der Waals surface area contributed by atoms with Gasteiger partial charge >= 0.3 is 12.1 Å². The van der Waals surface area contributed by atoms with Gasteiger partial charge in [0.25, 0.3) is 0 Å². The van der Waals surface area contributed by atoms with Crippen molar-refractivity contribution < 1.29 is 19.4 Å². The van der Waals surface area contributed by atoms with E-state index < -0.39 is 23.4 Å². The molecule has 1 amide bonds. The van der Waals surface area contributed by atoms with Crippen LogP contribution in [-0.2, 0) is 16.1 Å². The van der Waals surface area contributed by atoms with Crippen LogP contribution in [0.1, 0.15) is 25.8 Å². The van der Waals surface area contributed by atoms with Gasteiger partial charge in [0.1, 0.15) is 6.61 Å². The predicted molar refractivity (Wildman–Crippen MR) is 73.1 cm³/mol. The van der Waals surface area contributed by atoms with Crippen LogP contribution >= 0.6 is 0 Å². The predicted octanol–water partition coefficient (Wildman–Crippen LogP) is 2.41. The lowest BCUT2D eigenvalue weighted by Gasteiger charge is -2.49. The van der Waals surface area contributed by atoms with Crippen LogP contribution in [-0.4, -0.2) is 23.2 Å². The monoisotopic (exact) mass is 277 g/mol. The molecule has 0 spiro atoms. The maximum atomic E-state index is 11.7. The molecule has 0 aliphatic heterocycles. The zero-order chi connectivity index (χ0) is 14.8. The second kappa shape index (κ2) is 5.53. The van der Waals surface area contributed by atoms with E-state index in [0.717, 1.165) is 5.56 Å². The number of aliphatic carboxylic acids is 1. The van der Waals surface area contributed by atoms with Gasteiger partial charge in [-0.25, -0.2) is 4.79 Å². The molecule has 1 aliphatic carbocycles. The van der Waals surface area contributed by atoms with E-state index in [4.69, 9.17) is 9.84 Å². The molecule has 2 rings (SSSR count). The average molecular weight is 277 g/mol. The maximum Gasteiger partial charge on any atom is 0.407 e. The molecule has 2 atom stereocenters. The van der Waals surface area contributed by atoms with Gasteiger partial charge in [-0.05, 0) is 17.4 Å². The summed E-state index contributed by atoms with van der Waals surface area (Å²) in [5, 5.41) is 11.8. The molecule has 1 fully saturated rings. The van der Waals surface area contributed by atoms with Crippen LogP contribution in [0.5, 0.6) is 0 Å². The van der Waals surface area contributed by atoms with Gasteiger partial charge in [-0.2, -0.15) is 0 Å². The Bertz CT molecular complexity index is 498. The summed E-state index contributed by atoms with van der Waals surface area (Å²) in [6, 6.07) is 9.24. The summed E-state index contributed by atoms with van der Waals surface area (Å²) >= 11 is 0. The molecule has 2 N–H and O–H groups in total. The SMILES string of the molecule is CC1(C)[C@@H](C(=O)O)C[C@H]1NC(=O)OCc1ccccc1. The Labute approximate surface area is 117 Å². The molecule has 0 heterocycles. The number of carboxylic acid groups (broad SMARTS) is 1. The van der Waals surface area contributed by atoms with Crippen LogP contribution in [0.2, 0.25) is 0 Å².